The van der Waals surface area contributed by atoms with E-state index in [0.29, 0.717) is 11.1 Å². The minimum atomic E-state index is -0.530. The van der Waals surface area contributed by atoms with Gasteiger partial charge in [0.25, 0.3) is 5.91 Å². The van der Waals surface area contributed by atoms with Gasteiger partial charge in [-0.1, -0.05) is 12.1 Å². The van der Waals surface area contributed by atoms with E-state index in [4.69, 9.17) is 5.73 Å². The van der Waals surface area contributed by atoms with Crippen LogP contribution in [-0.2, 0) is 0 Å². The topological polar surface area (TPSA) is 76.3 Å². The highest BCUT2D eigenvalue weighted by molar-refractivity contribution is 5.99. The Hall–Kier alpha value is -2.69. The van der Waals surface area contributed by atoms with Crippen molar-refractivity contribution in [2.75, 3.05) is 0 Å². The molecule has 118 valence electrons. The standard InChI is InChI=1S/C18H19N3O2/c1-12(15-6-3-9-20-11-15)21(16-7-8-16)18(23)14-5-2-4-13(10-14)17(19)22/h2-6,9-12,16H,7-8H2,1H3,(H2,19,22)/t12-/m1/s1. The van der Waals surface area contributed by atoms with Crippen LogP contribution in [0.2, 0.25) is 0 Å². The fraction of sp³-hybridized carbons (Fsp3) is 0.278. The van der Waals surface area contributed by atoms with Crippen LogP contribution in [0.3, 0.4) is 0 Å². The fourth-order valence-electron chi connectivity index (χ4n) is 2.75. The number of primary amides is 1. The Bertz CT molecular complexity index is 726. The Morgan fingerprint density at radius 1 is 1.22 bits per heavy atom. The zero-order valence-corrected chi connectivity index (χ0v) is 13.0. The molecule has 0 unspecified atom stereocenters. The molecule has 0 aliphatic heterocycles. The number of hydrogen-bond donors (Lipinski definition) is 1. The van der Waals surface area contributed by atoms with Crippen molar-refractivity contribution in [3.8, 4) is 0 Å². The second kappa shape index (κ2) is 6.20. The summed E-state index contributed by atoms with van der Waals surface area (Å²) in [7, 11) is 0. The lowest BCUT2D eigenvalue weighted by Gasteiger charge is -2.29. The summed E-state index contributed by atoms with van der Waals surface area (Å²) in [6.45, 7) is 2.01. The second-order valence-corrected chi connectivity index (χ2v) is 5.85. The zero-order chi connectivity index (χ0) is 16.4. The van der Waals surface area contributed by atoms with Gasteiger partial charge in [0.15, 0.2) is 0 Å². The average molecular weight is 309 g/mol. The molecule has 2 amide bonds. The maximum Gasteiger partial charge on any atom is 0.254 e. The Labute approximate surface area is 135 Å². The van der Waals surface area contributed by atoms with E-state index in [1.165, 1.54) is 0 Å². The molecule has 5 heteroatoms. The molecular weight excluding hydrogens is 290 g/mol. The lowest BCUT2D eigenvalue weighted by atomic mass is 10.1. The monoisotopic (exact) mass is 309 g/mol. The van der Waals surface area contributed by atoms with Gasteiger partial charge < -0.3 is 10.6 Å². The van der Waals surface area contributed by atoms with Crippen molar-refractivity contribution in [2.24, 2.45) is 5.73 Å². The van der Waals surface area contributed by atoms with Gasteiger partial charge in [0.05, 0.1) is 6.04 Å². The highest BCUT2D eigenvalue weighted by Gasteiger charge is 2.36. The lowest BCUT2D eigenvalue weighted by molar-refractivity contribution is 0.0673. The van der Waals surface area contributed by atoms with Gasteiger partial charge in [-0.05, 0) is 49.6 Å². The molecule has 1 aromatic heterocycles. The van der Waals surface area contributed by atoms with Gasteiger partial charge in [0.1, 0.15) is 0 Å². The number of benzene rings is 1. The largest absolute Gasteiger partial charge is 0.366 e. The van der Waals surface area contributed by atoms with Gasteiger partial charge >= 0.3 is 0 Å². The summed E-state index contributed by atoms with van der Waals surface area (Å²) in [6, 6.07) is 10.6. The van der Waals surface area contributed by atoms with Crippen LogP contribution in [0.1, 0.15) is 52.1 Å². The predicted molar refractivity (Wildman–Crippen MR) is 86.8 cm³/mol. The minimum Gasteiger partial charge on any atom is -0.366 e. The summed E-state index contributed by atoms with van der Waals surface area (Å²) < 4.78 is 0. The predicted octanol–water partition coefficient (Wildman–Crippen LogP) is 2.55. The quantitative estimate of drug-likeness (QED) is 0.922. The van der Waals surface area contributed by atoms with E-state index in [-0.39, 0.29) is 18.0 Å². The van der Waals surface area contributed by atoms with Crippen LogP contribution >= 0.6 is 0 Å². The van der Waals surface area contributed by atoms with Crippen LogP contribution < -0.4 is 5.73 Å². The van der Waals surface area contributed by atoms with Gasteiger partial charge in [-0.25, -0.2) is 0 Å². The molecule has 1 fully saturated rings. The number of hydrogen-bond acceptors (Lipinski definition) is 3. The fourth-order valence-corrected chi connectivity index (χ4v) is 2.75. The van der Waals surface area contributed by atoms with Gasteiger partial charge in [-0.3, -0.25) is 14.6 Å². The smallest absolute Gasteiger partial charge is 0.254 e. The third kappa shape index (κ3) is 3.23. The van der Waals surface area contributed by atoms with Crippen LogP contribution in [0.15, 0.2) is 48.8 Å². The van der Waals surface area contributed by atoms with E-state index in [0.717, 1.165) is 18.4 Å². The molecule has 1 aliphatic rings. The highest BCUT2D eigenvalue weighted by atomic mass is 16.2. The minimum absolute atomic E-state index is 0.0686. The number of pyridine rings is 1. The summed E-state index contributed by atoms with van der Waals surface area (Å²) in [5.74, 6) is -0.607. The normalized spacial score (nSPS) is 15.0. The first-order valence-electron chi connectivity index (χ1n) is 7.70. The summed E-state index contributed by atoms with van der Waals surface area (Å²) in [5, 5.41) is 0. The van der Waals surface area contributed by atoms with Crippen LogP contribution in [0, 0.1) is 0 Å². The number of nitrogens with zero attached hydrogens (tertiary/aromatic N) is 2. The van der Waals surface area contributed by atoms with Gasteiger partial charge in [0.2, 0.25) is 5.91 Å². The van der Waals surface area contributed by atoms with Crippen LogP contribution in [0.4, 0.5) is 0 Å². The van der Waals surface area contributed by atoms with E-state index >= 15 is 0 Å². The molecule has 1 heterocycles. The molecular formula is C18H19N3O2. The molecule has 2 N–H and O–H groups in total. The van der Waals surface area contributed by atoms with E-state index in [1.807, 2.05) is 24.0 Å². The summed E-state index contributed by atoms with van der Waals surface area (Å²) in [5.41, 5.74) is 7.15. The van der Waals surface area contributed by atoms with Crippen molar-refractivity contribution in [3.05, 3.63) is 65.5 Å². The first kappa shape index (κ1) is 15.2. The molecule has 0 saturated heterocycles. The lowest BCUT2D eigenvalue weighted by Crippen LogP contribution is -2.35. The zero-order valence-electron chi connectivity index (χ0n) is 13.0. The summed E-state index contributed by atoms with van der Waals surface area (Å²) >= 11 is 0. The van der Waals surface area contributed by atoms with Crippen molar-refractivity contribution >= 4 is 11.8 Å². The number of carbonyl (C=O) groups is 2. The molecule has 2 aromatic rings. The maximum absolute atomic E-state index is 13.0. The van der Waals surface area contributed by atoms with Gasteiger partial charge in [0, 0.05) is 29.6 Å². The second-order valence-electron chi connectivity index (χ2n) is 5.85. The molecule has 0 radical (unpaired) electrons. The molecule has 1 aliphatic carbocycles. The molecule has 3 rings (SSSR count). The SMILES string of the molecule is C[C@H](c1cccnc1)N(C(=O)c1cccc(C(N)=O)c1)C1CC1. The van der Waals surface area contributed by atoms with E-state index < -0.39 is 5.91 Å². The molecule has 1 atom stereocenters. The average Bonchev–Trinajstić information content (AvgIpc) is 3.40. The number of amides is 2. The number of nitrogens with two attached hydrogens (primary N) is 1. The van der Waals surface area contributed by atoms with E-state index in [9.17, 15) is 9.59 Å². The molecule has 0 bridgehead atoms. The van der Waals surface area contributed by atoms with Gasteiger partial charge in [-0.2, -0.15) is 0 Å². The Morgan fingerprint density at radius 2 is 1.96 bits per heavy atom. The molecule has 23 heavy (non-hydrogen) atoms. The van der Waals surface area contributed by atoms with Crippen LogP contribution in [-0.4, -0.2) is 27.7 Å². The first-order chi connectivity index (χ1) is 11.1. The van der Waals surface area contributed by atoms with Gasteiger partial charge in [-0.15, -0.1) is 0 Å². The molecule has 1 saturated carbocycles. The Morgan fingerprint density at radius 3 is 2.57 bits per heavy atom. The Kier molecular flexibility index (Phi) is 4.10. The third-order valence-corrected chi connectivity index (χ3v) is 4.15. The van der Waals surface area contributed by atoms with Crippen LogP contribution in [0.25, 0.3) is 0 Å². The van der Waals surface area contributed by atoms with E-state index in [2.05, 4.69) is 4.98 Å². The van der Waals surface area contributed by atoms with Crippen molar-refractivity contribution in [3.63, 3.8) is 0 Å². The molecule has 5 nitrogen and oxygen atoms in total. The first-order valence-corrected chi connectivity index (χ1v) is 7.70. The molecule has 0 spiro atoms. The highest BCUT2D eigenvalue weighted by Crippen LogP contribution is 2.35. The molecule has 1 aromatic carbocycles. The summed E-state index contributed by atoms with van der Waals surface area (Å²) in [6.07, 6.45) is 5.51. The van der Waals surface area contributed by atoms with Crippen molar-refractivity contribution < 1.29 is 9.59 Å². The van der Waals surface area contributed by atoms with Crippen molar-refractivity contribution in [1.29, 1.82) is 0 Å². The van der Waals surface area contributed by atoms with Crippen LogP contribution in [0.5, 0.6) is 0 Å². The number of carbonyl (C=O) groups excluding carboxylic acids is 2. The third-order valence-electron chi connectivity index (χ3n) is 4.15. The van der Waals surface area contributed by atoms with Crippen molar-refractivity contribution in [2.45, 2.75) is 31.8 Å². The van der Waals surface area contributed by atoms with E-state index in [1.54, 1.807) is 36.7 Å². The summed E-state index contributed by atoms with van der Waals surface area (Å²) in [4.78, 5) is 30.3. The maximum atomic E-state index is 13.0. The van der Waals surface area contributed by atoms with Crippen molar-refractivity contribution in [1.82, 2.24) is 9.88 Å². The number of aromatic nitrogens is 1. The Balaban J connectivity index is 1.91. The number of rotatable bonds is 5.